The van der Waals surface area contributed by atoms with E-state index in [-0.39, 0.29) is 17.1 Å². The summed E-state index contributed by atoms with van der Waals surface area (Å²) in [4.78, 5) is 14.7. The van der Waals surface area contributed by atoms with Crippen LogP contribution in [0.25, 0.3) is 22.4 Å². The predicted molar refractivity (Wildman–Crippen MR) is 101 cm³/mol. The largest absolute Gasteiger partial charge is 0.383 e. The molecule has 0 amide bonds. The smallest absolute Gasteiger partial charge is 0.270 e. The number of non-ortho nitro benzene ring substituents is 1. The van der Waals surface area contributed by atoms with Crippen molar-refractivity contribution >= 4 is 34.7 Å². The van der Waals surface area contributed by atoms with Gasteiger partial charge in [-0.3, -0.25) is 10.1 Å². The molecular formula is C18H10Cl2N4O2. The van der Waals surface area contributed by atoms with E-state index in [1.54, 1.807) is 36.4 Å². The first-order chi connectivity index (χ1) is 12.4. The van der Waals surface area contributed by atoms with Crippen LogP contribution >= 0.6 is 23.2 Å². The van der Waals surface area contributed by atoms with Crippen molar-refractivity contribution < 1.29 is 4.92 Å². The first kappa shape index (κ1) is 17.7. The van der Waals surface area contributed by atoms with E-state index >= 15 is 0 Å². The zero-order valence-corrected chi connectivity index (χ0v) is 14.6. The summed E-state index contributed by atoms with van der Waals surface area (Å²) in [5.74, 6) is 0.0255. The van der Waals surface area contributed by atoms with Crippen LogP contribution in [0.3, 0.4) is 0 Å². The summed E-state index contributed by atoms with van der Waals surface area (Å²) < 4.78 is 0. The summed E-state index contributed by atoms with van der Waals surface area (Å²) in [5.41, 5.74) is 8.14. The minimum atomic E-state index is -0.490. The molecule has 0 unspecified atom stereocenters. The fourth-order valence-electron chi connectivity index (χ4n) is 2.50. The minimum absolute atomic E-state index is 0.0255. The SMILES string of the molecule is N#Cc1c(-c2ccc(Cl)c(Cl)c2)cc(-c2cccc([N+](=O)[O-])c2)nc1N. The molecule has 0 aliphatic carbocycles. The summed E-state index contributed by atoms with van der Waals surface area (Å²) in [7, 11) is 0. The highest BCUT2D eigenvalue weighted by molar-refractivity contribution is 6.42. The number of hydrogen-bond donors (Lipinski definition) is 1. The van der Waals surface area contributed by atoms with Crippen LogP contribution in [0.2, 0.25) is 10.0 Å². The van der Waals surface area contributed by atoms with Crippen molar-refractivity contribution in [3.8, 4) is 28.5 Å². The number of nitriles is 1. The molecule has 0 saturated heterocycles. The van der Waals surface area contributed by atoms with E-state index in [1.807, 2.05) is 6.07 Å². The van der Waals surface area contributed by atoms with Crippen LogP contribution in [0.15, 0.2) is 48.5 Å². The van der Waals surface area contributed by atoms with E-state index in [1.165, 1.54) is 12.1 Å². The second-order valence-corrected chi connectivity index (χ2v) is 6.18. The molecule has 3 rings (SSSR count). The first-order valence-corrected chi connectivity index (χ1v) is 8.07. The molecule has 2 N–H and O–H groups in total. The van der Waals surface area contributed by atoms with Crippen LogP contribution in [0, 0.1) is 21.4 Å². The van der Waals surface area contributed by atoms with Gasteiger partial charge in [-0.05, 0) is 23.8 Å². The molecule has 26 heavy (non-hydrogen) atoms. The number of nitro groups is 1. The van der Waals surface area contributed by atoms with E-state index < -0.39 is 4.92 Å². The number of halogens is 2. The van der Waals surface area contributed by atoms with Gasteiger partial charge in [0.25, 0.3) is 5.69 Å². The third kappa shape index (κ3) is 3.31. The Morgan fingerprint density at radius 3 is 2.50 bits per heavy atom. The Morgan fingerprint density at radius 1 is 1.08 bits per heavy atom. The summed E-state index contributed by atoms with van der Waals surface area (Å²) in [6.45, 7) is 0. The van der Waals surface area contributed by atoms with Gasteiger partial charge in [0, 0.05) is 23.3 Å². The second-order valence-electron chi connectivity index (χ2n) is 5.36. The van der Waals surface area contributed by atoms with Crippen LogP contribution in [0.4, 0.5) is 11.5 Å². The molecule has 0 spiro atoms. The molecule has 0 radical (unpaired) electrons. The standard InChI is InChI=1S/C18H10Cl2N4O2/c19-15-5-4-10(7-16(15)20)13-8-17(23-18(22)14(13)9-21)11-2-1-3-12(6-11)24(25)26/h1-8H,(H2,22,23). The highest BCUT2D eigenvalue weighted by Gasteiger charge is 2.16. The number of anilines is 1. The molecule has 3 aromatic rings. The van der Waals surface area contributed by atoms with Crippen molar-refractivity contribution in [2.24, 2.45) is 0 Å². The van der Waals surface area contributed by atoms with Crippen molar-refractivity contribution in [3.05, 3.63) is 74.3 Å². The maximum absolute atomic E-state index is 11.0. The molecule has 6 nitrogen and oxygen atoms in total. The van der Waals surface area contributed by atoms with Crippen molar-refractivity contribution in [1.29, 1.82) is 5.26 Å². The highest BCUT2D eigenvalue weighted by atomic mass is 35.5. The molecular weight excluding hydrogens is 375 g/mol. The number of rotatable bonds is 3. The fourth-order valence-corrected chi connectivity index (χ4v) is 2.80. The Morgan fingerprint density at radius 2 is 1.85 bits per heavy atom. The molecule has 0 aliphatic rings. The van der Waals surface area contributed by atoms with Crippen molar-refractivity contribution in [2.75, 3.05) is 5.73 Å². The van der Waals surface area contributed by atoms with Gasteiger partial charge in [-0.1, -0.05) is 41.4 Å². The van der Waals surface area contributed by atoms with Crippen molar-refractivity contribution in [3.63, 3.8) is 0 Å². The van der Waals surface area contributed by atoms with Gasteiger partial charge in [-0.25, -0.2) is 4.98 Å². The van der Waals surface area contributed by atoms with Gasteiger partial charge in [-0.2, -0.15) is 5.26 Å². The fraction of sp³-hybridized carbons (Fsp3) is 0. The number of nitro benzene ring substituents is 1. The Hall–Kier alpha value is -3.14. The number of pyridine rings is 1. The van der Waals surface area contributed by atoms with Crippen LogP contribution in [-0.4, -0.2) is 9.91 Å². The molecule has 1 heterocycles. The van der Waals surface area contributed by atoms with Gasteiger partial charge >= 0.3 is 0 Å². The van der Waals surface area contributed by atoms with Gasteiger partial charge in [0.2, 0.25) is 0 Å². The lowest BCUT2D eigenvalue weighted by molar-refractivity contribution is -0.384. The van der Waals surface area contributed by atoms with Crippen molar-refractivity contribution in [2.45, 2.75) is 0 Å². The number of nitrogen functional groups attached to an aromatic ring is 1. The average molecular weight is 385 g/mol. The molecule has 128 valence electrons. The van der Waals surface area contributed by atoms with E-state index in [9.17, 15) is 15.4 Å². The predicted octanol–water partition coefficient (Wildman–Crippen LogP) is 5.08. The quantitative estimate of drug-likeness (QED) is 0.500. The summed E-state index contributed by atoms with van der Waals surface area (Å²) in [6.07, 6.45) is 0. The van der Waals surface area contributed by atoms with Crippen molar-refractivity contribution in [1.82, 2.24) is 4.98 Å². The van der Waals surface area contributed by atoms with Gasteiger partial charge in [-0.15, -0.1) is 0 Å². The topological polar surface area (TPSA) is 106 Å². The minimum Gasteiger partial charge on any atom is -0.383 e. The number of nitrogens with zero attached hydrogens (tertiary/aromatic N) is 3. The lowest BCUT2D eigenvalue weighted by atomic mass is 9.98. The molecule has 1 aromatic heterocycles. The maximum atomic E-state index is 11.0. The van der Waals surface area contributed by atoms with E-state index in [2.05, 4.69) is 4.98 Å². The van der Waals surface area contributed by atoms with Gasteiger partial charge in [0.05, 0.1) is 20.7 Å². The summed E-state index contributed by atoms with van der Waals surface area (Å²) in [6, 6.07) is 14.6. The lowest BCUT2D eigenvalue weighted by Crippen LogP contribution is -2.00. The molecule has 2 aromatic carbocycles. The first-order valence-electron chi connectivity index (χ1n) is 7.31. The normalized spacial score (nSPS) is 10.3. The van der Waals surface area contributed by atoms with E-state index in [0.29, 0.717) is 32.4 Å². The zero-order chi connectivity index (χ0) is 18.8. The Bertz CT molecular complexity index is 1080. The lowest BCUT2D eigenvalue weighted by Gasteiger charge is -2.11. The molecule has 0 aliphatic heterocycles. The number of hydrogen-bond acceptors (Lipinski definition) is 5. The zero-order valence-electron chi connectivity index (χ0n) is 13.1. The molecule has 0 saturated carbocycles. The summed E-state index contributed by atoms with van der Waals surface area (Å²) in [5, 5.41) is 21.2. The summed E-state index contributed by atoms with van der Waals surface area (Å²) >= 11 is 12.0. The second kappa shape index (κ2) is 7.00. The highest BCUT2D eigenvalue weighted by Crippen LogP contribution is 2.34. The van der Waals surface area contributed by atoms with Gasteiger partial charge < -0.3 is 5.73 Å². The van der Waals surface area contributed by atoms with Gasteiger partial charge in [0.1, 0.15) is 17.5 Å². The monoisotopic (exact) mass is 384 g/mol. The number of benzene rings is 2. The third-order valence-electron chi connectivity index (χ3n) is 3.74. The molecule has 0 bridgehead atoms. The van der Waals surface area contributed by atoms with Crippen LogP contribution < -0.4 is 5.73 Å². The van der Waals surface area contributed by atoms with Gasteiger partial charge in [0.15, 0.2) is 0 Å². The number of aromatic nitrogens is 1. The average Bonchev–Trinajstić information content (AvgIpc) is 2.63. The third-order valence-corrected chi connectivity index (χ3v) is 4.48. The van der Waals surface area contributed by atoms with E-state index in [0.717, 1.165) is 0 Å². The maximum Gasteiger partial charge on any atom is 0.270 e. The molecule has 0 atom stereocenters. The van der Waals surface area contributed by atoms with Crippen LogP contribution in [-0.2, 0) is 0 Å². The number of nitrogens with two attached hydrogens (primary N) is 1. The molecule has 8 heteroatoms. The Labute approximate surface area is 158 Å². The Kier molecular flexibility index (Phi) is 4.76. The van der Waals surface area contributed by atoms with E-state index in [4.69, 9.17) is 28.9 Å². The van der Waals surface area contributed by atoms with Crippen LogP contribution in [0.5, 0.6) is 0 Å². The Balaban J connectivity index is 2.23. The molecule has 0 fully saturated rings. The van der Waals surface area contributed by atoms with Crippen LogP contribution in [0.1, 0.15) is 5.56 Å².